The Bertz CT molecular complexity index is 330. The molecule has 4 nitrogen and oxygen atoms in total. The van der Waals surface area contributed by atoms with E-state index in [1.54, 1.807) is 0 Å². The van der Waals surface area contributed by atoms with Gasteiger partial charge in [0.25, 0.3) is 0 Å². The van der Waals surface area contributed by atoms with Gasteiger partial charge in [-0.15, -0.1) is 0 Å². The van der Waals surface area contributed by atoms with Crippen LogP contribution in [-0.2, 0) is 4.74 Å². The molecule has 0 aromatic heterocycles. The molecule has 1 saturated carbocycles. The predicted octanol–water partition coefficient (Wildman–Crippen LogP) is 1.70. The van der Waals surface area contributed by atoms with E-state index in [2.05, 4.69) is 29.1 Å². The smallest absolute Gasteiger partial charge is 0.0829 e. The fourth-order valence-electron chi connectivity index (χ4n) is 4.46. The molecule has 1 spiro atoms. The van der Waals surface area contributed by atoms with Crippen molar-refractivity contribution in [2.75, 3.05) is 46.4 Å². The third-order valence-corrected chi connectivity index (χ3v) is 5.80. The lowest BCUT2D eigenvalue weighted by Crippen LogP contribution is -2.66. The molecule has 122 valence electrons. The second-order valence-electron chi connectivity index (χ2n) is 7.47. The van der Waals surface area contributed by atoms with Gasteiger partial charge in [-0.3, -0.25) is 4.90 Å². The second kappa shape index (κ2) is 6.95. The van der Waals surface area contributed by atoms with Gasteiger partial charge in [-0.2, -0.15) is 0 Å². The molecule has 0 aromatic carbocycles. The van der Waals surface area contributed by atoms with Crippen molar-refractivity contribution in [3.05, 3.63) is 0 Å². The maximum atomic E-state index is 6.02. The van der Waals surface area contributed by atoms with Crippen LogP contribution in [0.25, 0.3) is 0 Å². The molecular weight excluding hydrogens is 262 g/mol. The lowest BCUT2D eigenvalue weighted by Gasteiger charge is -2.50. The number of ether oxygens (including phenoxy) is 1. The third-order valence-electron chi connectivity index (χ3n) is 5.80. The monoisotopic (exact) mass is 295 g/mol. The van der Waals surface area contributed by atoms with Crippen molar-refractivity contribution >= 4 is 0 Å². The molecule has 3 rings (SSSR count). The first-order chi connectivity index (χ1) is 10.2. The number of rotatable bonds is 3. The number of nitrogens with zero attached hydrogens (tertiary/aromatic N) is 2. The van der Waals surface area contributed by atoms with Gasteiger partial charge in [-0.1, -0.05) is 26.2 Å². The van der Waals surface area contributed by atoms with E-state index < -0.39 is 0 Å². The molecule has 2 aliphatic heterocycles. The van der Waals surface area contributed by atoms with Crippen molar-refractivity contribution in [3.63, 3.8) is 0 Å². The Morgan fingerprint density at radius 1 is 1.24 bits per heavy atom. The van der Waals surface area contributed by atoms with E-state index in [9.17, 15) is 0 Å². The number of nitrogens with one attached hydrogen (secondary N) is 1. The number of hydrogen-bond donors (Lipinski definition) is 1. The highest BCUT2D eigenvalue weighted by Gasteiger charge is 2.40. The zero-order chi connectivity index (χ0) is 14.7. The quantitative estimate of drug-likeness (QED) is 0.858. The SMILES string of the molecule is CCC1CNC2(CCCCC2)CN1CC1CN(C)CCO1. The predicted molar refractivity (Wildman–Crippen MR) is 86.7 cm³/mol. The molecule has 0 radical (unpaired) electrons. The van der Waals surface area contributed by atoms with Crippen LogP contribution in [0.3, 0.4) is 0 Å². The van der Waals surface area contributed by atoms with Crippen molar-refractivity contribution in [2.24, 2.45) is 0 Å². The Hall–Kier alpha value is -0.160. The lowest BCUT2D eigenvalue weighted by molar-refractivity contribution is -0.0549. The molecule has 0 aromatic rings. The maximum Gasteiger partial charge on any atom is 0.0829 e. The summed E-state index contributed by atoms with van der Waals surface area (Å²) in [5.41, 5.74) is 0.407. The molecule has 1 N–H and O–H groups in total. The summed E-state index contributed by atoms with van der Waals surface area (Å²) in [7, 11) is 2.22. The molecular formula is C17H33N3O. The summed E-state index contributed by atoms with van der Waals surface area (Å²) in [5.74, 6) is 0. The highest BCUT2D eigenvalue weighted by atomic mass is 16.5. The van der Waals surface area contributed by atoms with E-state index in [1.165, 1.54) is 51.6 Å². The van der Waals surface area contributed by atoms with Crippen molar-refractivity contribution in [1.29, 1.82) is 0 Å². The van der Waals surface area contributed by atoms with E-state index in [4.69, 9.17) is 4.74 Å². The minimum absolute atomic E-state index is 0.400. The Labute approximate surface area is 130 Å². The zero-order valence-electron chi connectivity index (χ0n) is 13.9. The van der Waals surface area contributed by atoms with E-state index in [1.807, 2.05) is 0 Å². The molecule has 2 saturated heterocycles. The summed E-state index contributed by atoms with van der Waals surface area (Å²) >= 11 is 0. The molecule has 3 fully saturated rings. The molecule has 2 unspecified atom stereocenters. The Morgan fingerprint density at radius 3 is 2.76 bits per heavy atom. The summed E-state index contributed by atoms with van der Waals surface area (Å²) in [4.78, 5) is 5.15. The highest BCUT2D eigenvalue weighted by molar-refractivity contribution is 5.00. The van der Waals surface area contributed by atoms with Crippen LogP contribution in [0.1, 0.15) is 45.4 Å². The maximum absolute atomic E-state index is 6.02. The fraction of sp³-hybridized carbons (Fsp3) is 1.00. The summed E-state index contributed by atoms with van der Waals surface area (Å²) < 4.78 is 6.02. The van der Waals surface area contributed by atoms with Crippen LogP contribution in [0.5, 0.6) is 0 Å². The standard InChI is InChI=1S/C17H33N3O/c1-3-15-11-18-17(7-5-4-6-8-17)14-20(15)13-16-12-19(2)9-10-21-16/h15-16,18H,3-14H2,1-2H3. The number of piperazine rings is 1. The molecule has 4 heteroatoms. The Morgan fingerprint density at radius 2 is 2.05 bits per heavy atom. The summed E-state index contributed by atoms with van der Waals surface area (Å²) in [6, 6.07) is 0.688. The van der Waals surface area contributed by atoms with Crippen LogP contribution in [-0.4, -0.2) is 73.9 Å². The Balaban J connectivity index is 1.62. The van der Waals surface area contributed by atoms with Crippen LogP contribution in [0.4, 0.5) is 0 Å². The van der Waals surface area contributed by atoms with Gasteiger partial charge in [0.05, 0.1) is 12.7 Å². The van der Waals surface area contributed by atoms with Gasteiger partial charge >= 0.3 is 0 Å². The van der Waals surface area contributed by atoms with Gasteiger partial charge in [0, 0.05) is 44.3 Å². The molecule has 0 amide bonds. The number of likely N-dealkylation sites (N-methyl/N-ethyl adjacent to an activating group) is 1. The average molecular weight is 295 g/mol. The topological polar surface area (TPSA) is 27.7 Å². The van der Waals surface area contributed by atoms with Crippen molar-refractivity contribution in [3.8, 4) is 0 Å². The van der Waals surface area contributed by atoms with Crippen LogP contribution in [0.15, 0.2) is 0 Å². The van der Waals surface area contributed by atoms with Crippen LogP contribution >= 0.6 is 0 Å². The first kappa shape index (κ1) is 15.7. The molecule has 21 heavy (non-hydrogen) atoms. The van der Waals surface area contributed by atoms with Crippen LogP contribution < -0.4 is 5.32 Å². The van der Waals surface area contributed by atoms with Gasteiger partial charge in [-0.25, -0.2) is 0 Å². The largest absolute Gasteiger partial charge is 0.374 e. The summed E-state index contributed by atoms with van der Waals surface area (Å²) in [5, 5.41) is 3.92. The van der Waals surface area contributed by atoms with Gasteiger partial charge in [0.2, 0.25) is 0 Å². The normalized spacial score (nSPS) is 35.1. The van der Waals surface area contributed by atoms with Crippen LogP contribution in [0.2, 0.25) is 0 Å². The average Bonchev–Trinajstić information content (AvgIpc) is 2.48. The third kappa shape index (κ3) is 3.79. The van der Waals surface area contributed by atoms with Crippen LogP contribution in [0, 0.1) is 0 Å². The number of morpholine rings is 1. The van der Waals surface area contributed by atoms with Gasteiger partial charge < -0.3 is 15.0 Å². The molecule has 0 bridgehead atoms. The minimum atomic E-state index is 0.400. The molecule has 2 atom stereocenters. The lowest BCUT2D eigenvalue weighted by atomic mass is 9.79. The number of hydrogen-bond acceptors (Lipinski definition) is 4. The van der Waals surface area contributed by atoms with E-state index in [0.29, 0.717) is 17.7 Å². The second-order valence-corrected chi connectivity index (χ2v) is 7.47. The van der Waals surface area contributed by atoms with E-state index >= 15 is 0 Å². The van der Waals surface area contributed by atoms with Gasteiger partial charge in [-0.05, 0) is 26.3 Å². The first-order valence-corrected chi connectivity index (χ1v) is 9.00. The zero-order valence-corrected chi connectivity index (χ0v) is 13.9. The van der Waals surface area contributed by atoms with Gasteiger partial charge in [0.1, 0.15) is 0 Å². The minimum Gasteiger partial charge on any atom is -0.374 e. The van der Waals surface area contributed by atoms with Crippen molar-refractivity contribution < 1.29 is 4.74 Å². The van der Waals surface area contributed by atoms with Gasteiger partial charge in [0.15, 0.2) is 0 Å². The summed E-state index contributed by atoms with van der Waals surface area (Å²) in [6.07, 6.45) is 8.61. The van der Waals surface area contributed by atoms with Crippen molar-refractivity contribution in [2.45, 2.75) is 63.1 Å². The van der Waals surface area contributed by atoms with Crippen molar-refractivity contribution in [1.82, 2.24) is 15.1 Å². The first-order valence-electron chi connectivity index (χ1n) is 9.00. The molecule has 3 aliphatic rings. The molecule has 2 heterocycles. The Kier molecular flexibility index (Phi) is 5.20. The van der Waals surface area contributed by atoms with E-state index in [0.717, 1.165) is 26.2 Å². The fourth-order valence-corrected chi connectivity index (χ4v) is 4.46. The highest BCUT2D eigenvalue weighted by Crippen LogP contribution is 2.32. The van der Waals surface area contributed by atoms with E-state index in [-0.39, 0.29) is 0 Å². The molecule has 1 aliphatic carbocycles. The summed E-state index contributed by atoms with van der Waals surface area (Å²) in [6.45, 7) is 8.91.